The number of fused-ring (bicyclic) bond motifs is 3. The quantitative estimate of drug-likeness (QED) is 0.451. The number of nitrogens with zero attached hydrogens (tertiary/aromatic N) is 2. The standard InChI is InChI=1S/C30H38FN3O4/c1-7-33-12-13-38-26-20(29(4,5)6)14-18(15-21(26)33)22(35)17-34-28(32)24-19(30(34)10-11-30)16-23(36-8-2)27(25(24)31)37-9-3/h14-16,32H,7-13,17H2,1-6H3. The van der Waals surface area contributed by atoms with E-state index in [1.54, 1.807) is 11.8 Å². The van der Waals surface area contributed by atoms with Crippen LogP contribution in [0.1, 0.15) is 81.4 Å². The number of ketones is 1. The topological polar surface area (TPSA) is 75.1 Å². The number of halogens is 1. The molecule has 1 aliphatic carbocycles. The molecule has 2 aromatic rings. The lowest BCUT2D eigenvalue weighted by molar-refractivity contribution is 0.0943. The van der Waals surface area contributed by atoms with Crippen molar-refractivity contribution in [3.05, 3.63) is 46.3 Å². The third kappa shape index (κ3) is 4.09. The number of hydrogen-bond acceptors (Lipinski definition) is 6. The molecule has 0 saturated heterocycles. The van der Waals surface area contributed by atoms with E-state index in [0.717, 1.165) is 42.9 Å². The number of Topliss-reactive ketones (excluding diaryl/α,β-unsaturated/α-hetero) is 1. The molecule has 5 rings (SSSR count). The van der Waals surface area contributed by atoms with Crippen molar-refractivity contribution in [1.82, 2.24) is 4.90 Å². The summed E-state index contributed by atoms with van der Waals surface area (Å²) in [5, 5.41) is 8.95. The number of nitrogens with one attached hydrogen (secondary N) is 1. The van der Waals surface area contributed by atoms with Gasteiger partial charge in [-0.1, -0.05) is 20.8 Å². The van der Waals surface area contributed by atoms with Crippen LogP contribution in [0.25, 0.3) is 0 Å². The van der Waals surface area contributed by atoms with E-state index < -0.39 is 11.4 Å². The molecule has 0 aromatic heterocycles. The van der Waals surface area contributed by atoms with Crippen LogP contribution >= 0.6 is 0 Å². The maximum absolute atomic E-state index is 15.8. The van der Waals surface area contributed by atoms with Gasteiger partial charge in [0, 0.05) is 17.7 Å². The molecule has 0 amide bonds. The Morgan fingerprint density at radius 1 is 1.13 bits per heavy atom. The molecule has 3 aliphatic rings. The number of anilines is 1. The van der Waals surface area contributed by atoms with Crippen LogP contribution in [0, 0.1) is 11.2 Å². The van der Waals surface area contributed by atoms with E-state index in [1.165, 1.54) is 0 Å². The molecule has 7 nitrogen and oxygen atoms in total. The molecule has 38 heavy (non-hydrogen) atoms. The summed E-state index contributed by atoms with van der Waals surface area (Å²) in [4.78, 5) is 17.9. The van der Waals surface area contributed by atoms with E-state index in [1.807, 2.05) is 25.1 Å². The highest BCUT2D eigenvalue weighted by atomic mass is 19.1. The summed E-state index contributed by atoms with van der Waals surface area (Å²) in [6.07, 6.45) is 1.51. The third-order valence-corrected chi connectivity index (χ3v) is 7.86. The monoisotopic (exact) mass is 523 g/mol. The predicted octanol–water partition coefficient (Wildman–Crippen LogP) is 5.65. The number of rotatable bonds is 8. The van der Waals surface area contributed by atoms with E-state index in [0.29, 0.717) is 30.1 Å². The highest BCUT2D eigenvalue weighted by Crippen LogP contribution is 2.59. The van der Waals surface area contributed by atoms with Crippen LogP contribution in [0.15, 0.2) is 18.2 Å². The Morgan fingerprint density at radius 2 is 1.84 bits per heavy atom. The third-order valence-electron chi connectivity index (χ3n) is 7.86. The van der Waals surface area contributed by atoms with Crippen LogP contribution in [0.3, 0.4) is 0 Å². The normalized spacial score (nSPS) is 17.3. The Balaban J connectivity index is 1.53. The molecular weight excluding hydrogens is 485 g/mol. The largest absolute Gasteiger partial charge is 0.490 e. The van der Waals surface area contributed by atoms with Crippen LogP contribution in [-0.2, 0) is 11.0 Å². The smallest absolute Gasteiger partial charge is 0.197 e. The van der Waals surface area contributed by atoms with Gasteiger partial charge in [-0.2, -0.15) is 0 Å². The van der Waals surface area contributed by atoms with Crippen LogP contribution < -0.4 is 19.1 Å². The summed E-state index contributed by atoms with van der Waals surface area (Å²) >= 11 is 0. The molecule has 0 bridgehead atoms. The van der Waals surface area contributed by atoms with E-state index in [9.17, 15) is 4.79 Å². The molecule has 0 atom stereocenters. The second-order valence-corrected chi connectivity index (χ2v) is 11.2. The first kappa shape index (κ1) is 26.3. The van der Waals surface area contributed by atoms with E-state index in [2.05, 4.69) is 32.6 Å². The van der Waals surface area contributed by atoms with Gasteiger partial charge < -0.3 is 24.0 Å². The van der Waals surface area contributed by atoms with Crippen molar-refractivity contribution in [2.24, 2.45) is 0 Å². The van der Waals surface area contributed by atoms with Gasteiger partial charge in [-0.05, 0) is 62.8 Å². The minimum Gasteiger partial charge on any atom is -0.490 e. The second kappa shape index (κ2) is 9.47. The van der Waals surface area contributed by atoms with Gasteiger partial charge in [-0.15, -0.1) is 0 Å². The van der Waals surface area contributed by atoms with Crippen LogP contribution in [0.5, 0.6) is 17.2 Å². The van der Waals surface area contributed by atoms with Gasteiger partial charge >= 0.3 is 0 Å². The molecule has 0 radical (unpaired) electrons. The number of likely N-dealkylation sites (N-methyl/N-ethyl adjacent to an activating group) is 1. The fourth-order valence-electron chi connectivity index (χ4n) is 5.79. The summed E-state index contributed by atoms with van der Waals surface area (Å²) in [5.74, 6) is 0.571. The molecule has 0 unspecified atom stereocenters. The Hall–Kier alpha value is -3.29. The summed E-state index contributed by atoms with van der Waals surface area (Å²) < 4.78 is 33.2. The van der Waals surface area contributed by atoms with Gasteiger partial charge in [-0.25, -0.2) is 4.39 Å². The first-order valence-electron chi connectivity index (χ1n) is 13.7. The molecule has 2 aromatic carbocycles. The summed E-state index contributed by atoms with van der Waals surface area (Å²) in [5.41, 5.74) is 2.66. The molecule has 204 valence electrons. The van der Waals surface area contributed by atoms with Crippen molar-refractivity contribution in [3.63, 3.8) is 0 Å². The van der Waals surface area contributed by atoms with Crippen LogP contribution in [-0.4, -0.2) is 56.0 Å². The van der Waals surface area contributed by atoms with E-state index in [4.69, 9.17) is 19.6 Å². The predicted molar refractivity (Wildman–Crippen MR) is 146 cm³/mol. The van der Waals surface area contributed by atoms with Gasteiger partial charge in [-0.3, -0.25) is 10.2 Å². The molecule has 1 spiro atoms. The average molecular weight is 524 g/mol. The highest BCUT2D eigenvalue weighted by molar-refractivity contribution is 6.08. The first-order valence-corrected chi connectivity index (χ1v) is 13.7. The van der Waals surface area contributed by atoms with Crippen molar-refractivity contribution in [3.8, 4) is 17.2 Å². The summed E-state index contributed by atoms with van der Waals surface area (Å²) in [6.45, 7) is 14.9. The van der Waals surface area contributed by atoms with Crippen molar-refractivity contribution >= 4 is 17.3 Å². The molecule has 1 N–H and O–H groups in total. The molecule has 2 heterocycles. The Morgan fingerprint density at radius 3 is 2.45 bits per heavy atom. The fourth-order valence-corrected chi connectivity index (χ4v) is 5.79. The summed E-state index contributed by atoms with van der Waals surface area (Å²) in [7, 11) is 0. The van der Waals surface area contributed by atoms with Gasteiger partial charge in [0.15, 0.2) is 23.1 Å². The Labute approximate surface area is 224 Å². The zero-order chi connectivity index (χ0) is 27.4. The van der Waals surface area contributed by atoms with E-state index >= 15 is 4.39 Å². The van der Waals surface area contributed by atoms with Crippen LogP contribution in [0.2, 0.25) is 0 Å². The lowest BCUT2D eigenvalue weighted by Crippen LogP contribution is -2.38. The highest BCUT2D eigenvalue weighted by Gasteiger charge is 2.58. The minimum atomic E-state index is -0.585. The Kier molecular flexibility index (Phi) is 6.56. The van der Waals surface area contributed by atoms with Crippen molar-refractivity contribution in [1.29, 1.82) is 5.41 Å². The Bertz CT molecular complexity index is 1300. The number of hydrogen-bond donors (Lipinski definition) is 1. The fraction of sp³-hybridized carbons (Fsp3) is 0.533. The summed E-state index contributed by atoms with van der Waals surface area (Å²) in [6, 6.07) is 5.67. The molecule has 1 saturated carbocycles. The first-order chi connectivity index (χ1) is 18.1. The lowest BCUT2D eigenvalue weighted by Gasteiger charge is -2.35. The zero-order valence-corrected chi connectivity index (χ0v) is 23.3. The number of carbonyl (C=O) groups excluding carboxylic acids is 1. The second-order valence-electron chi connectivity index (χ2n) is 11.2. The average Bonchev–Trinajstić information content (AvgIpc) is 3.65. The molecule has 2 aliphatic heterocycles. The number of ether oxygens (including phenoxy) is 3. The van der Waals surface area contributed by atoms with Gasteiger partial charge in [0.25, 0.3) is 0 Å². The van der Waals surface area contributed by atoms with Crippen LogP contribution in [0.4, 0.5) is 10.1 Å². The van der Waals surface area contributed by atoms with Gasteiger partial charge in [0.05, 0.1) is 43.1 Å². The van der Waals surface area contributed by atoms with Crippen molar-refractivity contribution < 1.29 is 23.4 Å². The number of carbonyl (C=O) groups is 1. The van der Waals surface area contributed by atoms with E-state index in [-0.39, 0.29) is 41.5 Å². The minimum absolute atomic E-state index is 0.00373. The maximum atomic E-state index is 15.8. The van der Waals surface area contributed by atoms with Gasteiger partial charge in [0.1, 0.15) is 18.2 Å². The SMILES string of the molecule is CCOc1cc2c(c(F)c1OCC)C(=N)N(CC(=O)c1cc3c(c(C(C)(C)C)c1)OCCN3CC)C21CC1. The molecular formula is C30H38FN3O4. The lowest BCUT2D eigenvalue weighted by atomic mass is 9.84. The van der Waals surface area contributed by atoms with Gasteiger partial charge in [0.2, 0.25) is 0 Å². The van der Waals surface area contributed by atoms with Crippen molar-refractivity contribution in [2.45, 2.75) is 65.3 Å². The molecule has 8 heteroatoms. The zero-order valence-electron chi connectivity index (χ0n) is 23.3. The maximum Gasteiger partial charge on any atom is 0.197 e. The number of amidine groups is 1. The number of benzene rings is 2. The molecule has 1 fully saturated rings. The van der Waals surface area contributed by atoms with Crippen molar-refractivity contribution in [2.75, 3.05) is 44.4 Å².